The van der Waals surface area contributed by atoms with Crippen LogP contribution < -0.4 is 10.2 Å². The van der Waals surface area contributed by atoms with E-state index in [0.717, 1.165) is 12.5 Å². The van der Waals surface area contributed by atoms with Crippen LogP contribution in [0, 0.1) is 5.92 Å². The minimum Gasteiger partial charge on any atom is -0.374 e. The number of rotatable bonds is 5. The third-order valence-corrected chi connectivity index (χ3v) is 2.99. The van der Waals surface area contributed by atoms with Crippen LogP contribution in [0.2, 0.25) is 0 Å². The molecule has 0 saturated heterocycles. The summed E-state index contributed by atoms with van der Waals surface area (Å²) in [6.45, 7) is 2.16. The van der Waals surface area contributed by atoms with E-state index in [1.54, 1.807) is 0 Å². The summed E-state index contributed by atoms with van der Waals surface area (Å²) in [6, 6.07) is 8.84. The second-order valence-electron chi connectivity index (χ2n) is 4.52. The predicted octanol–water partition coefficient (Wildman–Crippen LogP) is 2.25. The summed E-state index contributed by atoms with van der Waals surface area (Å²) < 4.78 is 0. The number of hydrogen-bond donors (Lipinski definition) is 1. The fourth-order valence-corrected chi connectivity index (χ4v) is 1.87. The van der Waals surface area contributed by atoms with Gasteiger partial charge in [0.25, 0.3) is 0 Å². The summed E-state index contributed by atoms with van der Waals surface area (Å²) in [5.74, 6) is 0.951. The molecular formula is C13H20N2. The van der Waals surface area contributed by atoms with Crippen LogP contribution in [0.15, 0.2) is 24.3 Å². The first-order chi connectivity index (χ1) is 7.29. The van der Waals surface area contributed by atoms with Crippen molar-refractivity contribution in [3.8, 4) is 0 Å². The Morgan fingerprint density at radius 1 is 1.27 bits per heavy atom. The van der Waals surface area contributed by atoms with Gasteiger partial charge in [-0.1, -0.05) is 12.1 Å². The van der Waals surface area contributed by atoms with E-state index in [9.17, 15) is 0 Å². The Hall–Kier alpha value is -1.02. The van der Waals surface area contributed by atoms with Gasteiger partial charge >= 0.3 is 0 Å². The normalized spacial score (nSPS) is 15.3. The van der Waals surface area contributed by atoms with Crippen molar-refractivity contribution in [2.45, 2.75) is 19.4 Å². The maximum Gasteiger partial charge on any atom is 0.0363 e. The Bertz CT molecular complexity index is 301. The SMILES string of the molecule is CNCc1ccc(N(C)CC2CC2)cc1. The highest BCUT2D eigenvalue weighted by Crippen LogP contribution is 2.30. The molecule has 82 valence electrons. The van der Waals surface area contributed by atoms with Gasteiger partial charge in [0.2, 0.25) is 0 Å². The number of nitrogens with zero attached hydrogens (tertiary/aromatic N) is 1. The van der Waals surface area contributed by atoms with Crippen molar-refractivity contribution in [2.75, 3.05) is 25.5 Å². The maximum atomic E-state index is 3.16. The van der Waals surface area contributed by atoms with Crippen molar-refractivity contribution in [2.24, 2.45) is 5.92 Å². The lowest BCUT2D eigenvalue weighted by atomic mass is 10.2. The molecule has 0 aliphatic heterocycles. The van der Waals surface area contributed by atoms with Gasteiger partial charge < -0.3 is 10.2 Å². The van der Waals surface area contributed by atoms with Crippen molar-refractivity contribution in [3.63, 3.8) is 0 Å². The zero-order valence-electron chi connectivity index (χ0n) is 9.66. The molecule has 2 heteroatoms. The average Bonchev–Trinajstić information content (AvgIpc) is 3.03. The second kappa shape index (κ2) is 4.67. The fraction of sp³-hybridized carbons (Fsp3) is 0.538. The molecule has 0 heterocycles. The highest BCUT2D eigenvalue weighted by molar-refractivity contribution is 5.47. The van der Waals surface area contributed by atoms with Crippen LogP contribution in [0.3, 0.4) is 0 Å². The smallest absolute Gasteiger partial charge is 0.0363 e. The monoisotopic (exact) mass is 204 g/mol. The van der Waals surface area contributed by atoms with Crippen LogP contribution in [0.4, 0.5) is 5.69 Å². The molecule has 1 aliphatic rings. The lowest BCUT2D eigenvalue weighted by molar-refractivity contribution is 0.785. The molecule has 1 aliphatic carbocycles. The number of nitrogens with one attached hydrogen (secondary N) is 1. The summed E-state index contributed by atoms with van der Waals surface area (Å²) in [5.41, 5.74) is 2.68. The van der Waals surface area contributed by atoms with Gasteiger partial charge in [-0.2, -0.15) is 0 Å². The summed E-state index contributed by atoms with van der Waals surface area (Å²) in [5, 5.41) is 3.16. The average molecular weight is 204 g/mol. The molecule has 0 aromatic heterocycles. The molecule has 1 N–H and O–H groups in total. The quantitative estimate of drug-likeness (QED) is 0.791. The largest absolute Gasteiger partial charge is 0.374 e. The van der Waals surface area contributed by atoms with Gasteiger partial charge in [0.1, 0.15) is 0 Å². The molecule has 1 aromatic carbocycles. The van der Waals surface area contributed by atoms with Crippen molar-refractivity contribution in [1.82, 2.24) is 5.32 Å². The second-order valence-corrected chi connectivity index (χ2v) is 4.52. The van der Waals surface area contributed by atoms with Crippen molar-refractivity contribution < 1.29 is 0 Å². The molecule has 2 nitrogen and oxygen atoms in total. The highest BCUT2D eigenvalue weighted by atomic mass is 15.1. The van der Waals surface area contributed by atoms with Crippen molar-refractivity contribution in [3.05, 3.63) is 29.8 Å². The predicted molar refractivity (Wildman–Crippen MR) is 65.2 cm³/mol. The van der Waals surface area contributed by atoms with Crippen LogP contribution in [-0.4, -0.2) is 20.6 Å². The minimum atomic E-state index is 0.951. The molecule has 1 fully saturated rings. The zero-order chi connectivity index (χ0) is 10.7. The van der Waals surface area contributed by atoms with Crippen LogP contribution in [-0.2, 0) is 6.54 Å². The van der Waals surface area contributed by atoms with E-state index in [0.29, 0.717) is 0 Å². The molecule has 0 atom stereocenters. The Morgan fingerprint density at radius 2 is 1.93 bits per heavy atom. The number of benzene rings is 1. The van der Waals surface area contributed by atoms with E-state index in [4.69, 9.17) is 0 Å². The summed E-state index contributed by atoms with van der Waals surface area (Å²) in [6.07, 6.45) is 2.84. The molecule has 0 radical (unpaired) electrons. The Labute approximate surface area is 92.3 Å². The van der Waals surface area contributed by atoms with Crippen LogP contribution in [0.1, 0.15) is 18.4 Å². The first-order valence-electron chi connectivity index (χ1n) is 5.74. The lowest BCUT2D eigenvalue weighted by Crippen LogP contribution is -2.19. The van der Waals surface area contributed by atoms with Gasteiger partial charge in [-0.3, -0.25) is 0 Å². The van der Waals surface area contributed by atoms with Gasteiger partial charge in [0.05, 0.1) is 0 Å². The summed E-state index contributed by atoms with van der Waals surface area (Å²) in [4.78, 5) is 2.36. The standard InChI is InChI=1S/C13H20N2/c1-14-9-11-5-7-13(8-6-11)15(2)10-12-3-4-12/h5-8,12,14H,3-4,9-10H2,1-2H3. The van der Waals surface area contributed by atoms with E-state index in [1.807, 2.05) is 7.05 Å². The molecule has 1 saturated carbocycles. The number of hydrogen-bond acceptors (Lipinski definition) is 2. The molecule has 2 rings (SSSR count). The Morgan fingerprint density at radius 3 is 2.47 bits per heavy atom. The molecule has 0 amide bonds. The van der Waals surface area contributed by atoms with Gasteiger partial charge in [0.15, 0.2) is 0 Å². The van der Waals surface area contributed by atoms with E-state index >= 15 is 0 Å². The third kappa shape index (κ3) is 2.96. The summed E-state index contributed by atoms with van der Waals surface area (Å²) >= 11 is 0. The molecule has 0 spiro atoms. The summed E-state index contributed by atoms with van der Waals surface area (Å²) in [7, 11) is 4.17. The molecular weight excluding hydrogens is 184 g/mol. The van der Waals surface area contributed by atoms with Crippen molar-refractivity contribution in [1.29, 1.82) is 0 Å². The first kappa shape index (κ1) is 10.5. The van der Waals surface area contributed by atoms with Crippen molar-refractivity contribution >= 4 is 5.69 Å². The molecule has 0 unspecified atom stereocenters. The van der Waals surface area contributed by atoms with E-state index < -0.39 is 0 Å². The van der Waals surface area contributed by atoms with Crippen LogP contribution in [0.5, 0.6) is 0 Å². The zero-order valence-corrected chi connectivity index (χ0v) is 9.66. The van der Waals surface area contributed by atoms with E-state index in [1.165, 1.54) is 30.6 Å². The first-order valence-corrected chi connectivity index (χ1v) is 5.74. The Kier molecular flexibility index (Phi) is 3.27. The van der Waals surface area contributed by atoms with Gasteiger partial charge in [-0.15, -0.1) is 0 Å². The molecule has 0 bridgehead atoms. The van der Waals surface area contributed by atoms with Gasteiger partial charge in [-0.25, -0.2) is 0 Å². The highest BCUT2D eigenvalue weighted by Gasteiger charge is 2.22. The third-order valence-electron chi connectivity index (χ3n) is 2.99. The van der Waals surface area contributed by atoms with E-state index in [-0.39, 0.29) is 0 Å². The number of anilines is 1. The topological polar surface area (TPSA) is 15.3 Å². The molecule has 1 aromatic rings. The maximum absolute atomic E-state index is 3.16. The molecule has 15 heavy (non-hydrogen) atoms. The van der Waals surface area contributed by atoms with Crippen LogP contribution in [0.25, 0.3) is 0 Å². The van der Waals surface area contributed by atoms with Gasteiger partial charge in [0, 0.05) is 25.8 Å². The lowest BCUT2D eigenvalue weighted by Gasteiger charge is -2.19. The fourth-order valence-electron chi connectivity index (χ4n) is 1.87. The van der Waals surface area contributed by atoms with Gasteiger partial charge in [-0.05, 0) is 43.5 Å². The van der Waals surface area contributed by atoms with E-state index in [2.05, 4.69) is 41.5 Å². The van der Waals surface area contributed by atoms with Crippen LogP contribution >= 0.6 is 0 Å². The Balaban J connectivity index is 1.95. The minimum absolute atomic E-state index is 0.951.